The Morgan fingerprint density at radius 2 is 2.45 bits per heavy atom. The normalized spacial score (nSPS) is 20.7. The van der Waals surface area contributed by atoms with Gasteiger partial charge in [-0.2, -0.15) is 5.10 Å². The molecule has 2 aromatic rings. The number of aromatic nitrogens is 3. The lowest BCUT2D eigenvalue weighted by Crippen LogP contribution is -2.08. The van der Waals surface area contributed by atoms with E-state index in [0.29, 0.717) is 5.15 Å². The molecule has 6 heteroatoms. The van der Waals surface area contributed by atoms with Crippen LogP contribution in [0.3, 0.4) is 0 Å². The Labute approximate surface area is 121 Å². The van der Waals surface area contributed by atoms with E-state index < -0.39 is 0 Å². The van der Waals surface area contributed by atoms with Crippen molar-refractivity contribution in [1.82, 2.24) is 14.8 Å². The number of esters is 1. The molecule has 0 bridgehead atoms. The molecule has 0 saturated heterocycles. The first-order valence-corrected chi connectivity index (χ1v) is 6.77. The number of hydrogen-bond donors (Lipinski definition) is 0. The molecule has 0 radical (unpaired) electrons. The van der Waals surface area contributed by atoms with Gasteiger partial charge in [-0.1, -0.05) is 11.6 Å². The highest BCUT2D eigenvalue weighted by Crippen LogP contribution is 2.48. The third kappa shape index (κ3) is 2.82. The fourth-order valence-electron chi connectivity index (χ4n) is 2.25. The van der Waals surface area contributed by atoms with Crippen molar-refractivity contribution in [2.24, 2.45) is 13.0 Å². The van der Waals surface area contributed by atoms with Gasteiger partial charge in [0.25, 0.3) is 0 Å². The van der Waals surface area contributed by atoms with Gasteiger partial charge in [0.05, 0.1) is 12.1 Å². The molecule has 0 spiro atoms. The summed E-state index contributed by atoms with van der Waals surface area (Å²) in [6.45, 7) is 0.233. The molecule has 1 aliphatic rings. The van der Waals surface area contributed by atoms with E-state index in [4.69, 9.17) is 16.3 Å². The highest BCUT2D eigenvalue weighted by molar-refractivity contribution is 6.29. The number of ether oxygens (including phenoxy) is 1. The number of rotatable bonds is 4. The lowest BCUT2D eigenvalue weighted by atomic mass is 10.2. The molecule has 2 aromatic heterocycles. The number of carbonyl (C=O) groups excluding carboxylic acids is 1. The van der Waals surface area contributed by atoms with Crippen molar-refractivity contribution in [3.8, 4) is 0 Å². The van der Waals surface area contributed by atoms with Gasteiger partial charge in [0, 0.05) is 25.4 Å². The number of nitrogens with zero attached hydrogens (tertiary/aromatic N) is 3. The minimum absolute atomic E-state index is 0.0449. The lowest BCUT2D eigenvalue weighted by Gasteiger charge is -2.04. The summed E-state index contributed by atoms with van der Waals surface area (Å²) >= 11 is 5.78. The molecule has 104 valence electrons. The summed E-state index contributed by atoms with van der Waals surface area (Å²) in [5, 5.41) is 4.52. The molecule has 0 aromatic carbocycles. The number of halogens is 1. The third-order valence-corrected chi connectivity index (χ3v) is 3.62. The summed E-state index contributed by atoms with van der Waals surface area (Å²) < 4.78 is 7.06. The molecule has 5 nitrogen and oxygen atoms in total. The molecule has 0 amide bonds. The van der Waals surface area contributed by atoms with Gasteiger partial charge >= 0.3 is 5.97 Å². The van der Waals surface area contributed by atoms with Crippen LogP contribution in [0.2, 0.25) is 5.15 Å². The van der Waals surface area contributed by atoms with Crippen LogP contribution in [0.15, 0.2) is 30.7 Å². The number of aryl methyl sites for hydroxylation is 1. The van der Waals surface area contributed by atoms with Gasteiger partial charge < -0.3 is 4.74 Å². The fraction of sp³-hybridized carbons (Fsp3) is 0.357. The van der Waals surface area contributed by atoms with E-state index >= 15 is 0 Å². The summed E-state index contributed by atoms with van der Waals surface area (Å²) in [7, 11) is 1.87. The maximum atomic E-state index is 12.0. The third-order valence-electron chi connectivity index (χ3n) is 3.42. The highest BCUT2D eigenvalue weighted by atomic mass is 35.5. The minimum atomic E-state index is -0.160. The summed E-state index contributed by atoms with van der Waals surface area (Å²) in [6, 6.07) is 3.48. The van der Waals surface area contributed by atoms with Crippen molar-refractivity contribution >= 4 is 17.6 Å². The number of pyridine rings is 1. The summed E-state index contributed by atoms with van der Waals surface area (Å²) in [6.07, 6.45) is 6.18. The van der Waals surface area contributed by atoms with Crippen LogP contribution in [0.25, 0.3) is 0 Å². The zero-order valence-corrected chi connectivity index (χ0v) is 11.7. The molecule has 2 atom stereocenters. The van der Waals surface area contributed by atoms with Crippen LogP contribution in [0.4, 0.5) is 0 Å². The van der Waals surface area contributed by atoms with E-state index in [1.165, 1.54) is 0 Å². The van der Waals surface area contributed by atoms with E-state index in [2.05, 4.69) is 10.1 Å². The summed E-state index contributed by atoms with van der Waals surface area (Å²) in [5.74, 6) is 0.0422. The first-order valence-electron chi connectivity index (χ1n) is 6.39. The van der Waals surface area contributed by atoms with Crippen molar-refractivity contribution in [1.29, 1.82) is 0 Å². The quantitative estimate of drug-likeness (QED) is 0.641. The van der Waals surface area contributed by atoms with Crippen molar-refractivity contribution in [3.05, 3.63) is 47.0 Å². The Balaban J connectivity index is 1.54. The smallest absolute Gasteiger partial charge is 0.309 e. The van der Waals surface area contributed by atoms with Crippen LogP contribution in [-0.4, -0.2) is 20.7 Å². The average Bonchev–Trinajstić information content (AvgIpc) is 3.12. The Morgan fingerprint density at radius 3 is 3.15 bits per heavy atom. The zero-order valence-electron chi connectivity index (χ0n) is 11.0. The standard InChI is InChI=1S/C14H14ClN3O2/c1-18-7-10(6-17-18)11-5-12(11)14(19)20-8-9-2-3-16-13(15)4-9/h2-4,6-7,11-12H,5,8H2,1H3/t11-,12-/m1/s1. The van der Waals surface area contributed by atoms with Crippen molar-refractivity contribution in [3.63, 3.8) is 0 Å². The Hall–Kier alpha value is -1.88. The van der Waals surface area contributed by atoms with Crippen LogP contribution in [0, 0.1) is 5.92 Å². The second kappa shape index (κ2) is 5.25. The van der Waals surface area contributed by atoms with Gasteiger partial charge in [-0.25, -0.2) is 4.98 Å². The van der Waals surface area contributed by atoms with Gasteiger partial charge in [0.15, 0.2) is 0 Å². The fourth-order valence-corrected chi connectivity index (χ4v) is 2.45. The van der Waals surface area contributed by atoms with E-state index in [0.717, 1.165) is 17.5 Å². The van der Waals surface area contributed by atoms with E-state index in [-0.39, 0.29) is 24.4 Å². The first-order chi connectivity index (χ1) is 9.63. The molecular formula is C14H14ClN3O2. The van der Waals surface area contributed by atoms with Gasteiger partial charge in [-0.15, -0.1) is 0 Å². The average molecular weight is 292 g/mol. The van der Waals surface area contributed by atoms with Crippen molar-refractivity contribution in [2.75, 3.05) is 0 Å². The largest absolute Gasteiger partial charge is 0.461 e. The lowest BCUT2D eigenvalue weighted by molar-refractivity contribution is -0.146. The Bertz CT molecular complexity index is 641. The molecule has 0 unspecified atom stereocenters. The SMILES string of the molecule is Cn1cc([C@H]2C[C@H]2C(=O)OCc2ccnc(Cl)c2)cn1. The Kier molecular flexibility index (Phi) is 3.44. The molecule has 20 heavy (non-hydrogen) atoms. The zero-order chi connectivity index (χ0) is 14.1. The maximum Gasteiger partial charge on any atom is 0.309 e. The predicted molar refractivity (Wildman–Crippen MR) is 73.1 cm³/mol. The van der Waals surface area contributed by atoms with E-state index in [1.54, 1.807) is 29.2 Å². The summed E-state index contributed by atoms with van der Waals surface area (Å²) in [4.78, 5) is 15.8. The van der Waals surface area contributed by atoms with Crippen LogP contribution in [0.1, 0.15) is 23.5 Å². The predicted octanol–water partition coefficient (Wildman–Crippen LogP) is 2.32. The molecule has 0 N–H and O–H groups in total. The van der Waals surface area contributed by atoms with E-state index in [1.807, 2.05) is 13.2 Å². The molecule has 0 aliphatic heterocycles. The van der Waals surface area contributed by atoms with Gasteiger partial charge in [-0.05, 0) is 29.7 Å². The van der Waals surface area contributed by atoms with Crippen LogP contribution >= 0.6 is 11.6 Å². The summed E-state index contributed by atoms with van der Waals surface area (Å²) in [5.41, 5.74) is 1.94. The van der Waals surface area contributed by atoms with Gasteiger partial charge in [0.2, 0.25) is 0 Å². The van der Waals surface area contributed by atoms with Crippen molar-refractivity contribution < 1.29 is 9.53 Å². The maximum absolute atomic E-state index is 12.0. The molecule has 2 heterocycles. The molecule has 1 aliphatic carbocycles. The van der Waals surface area contributed by atoms with Crippen LogP contribution in [-0.2, 0) is 23.2 Å². The topological polar surface area (TPSA) is 57.0 Å². The monoisotopic (exact) mass is 291 g/mol. The van der Waals surface area contributed by atoms with E-state index in [9.17, 15) is 4.79 Å². The second-order valence-electron chi connectivity index (χ2n) is 4.99. The number of carbonyl (C=O) groups is 1. The molecule has 3 rings (SSSR count). The molecule has 1 fully saturated rings. The minimum Gasteiger partial charge on any atom is -0.461 e. The van der Waals surface area contributed by atoms with Crippen LogP contribution in [0.5, 0.6) is 0 Å². The van der Waals surface area contributed by atoms with Gasteiger partial charge in [0.1, 0.15) is 11.8 Å². The highest BCUT2D eigenvalue weighted by Gasteiger charge is 2.45. The Morgan fingerprint density at radius 1 is 1.60 bits per heavy atom. The molecule has 1 saturated carbocycles. The second-order valence-corrected chi connectivity index (χ2v) is 5.38. The first kappa shape index (κ1) is 13.1. The van der Waals surface area contributed by atoms with Crippen molar-refractivity contribution in [2.45, 2.75) is 18.9 Å². The van der Waals surface area contributed by atoms with Gasteiger partial charge in [-0.3, -0.25) is 9.48 Å². The van der Waals surface area contributed by atoms with Crippen LogP contribution < -0.4 is 0 Å². The number of hydrogen-bond acceptors (Lipinski definition) is 4. The molecular weight excluding hydrogens is 278 g/mol.